The van der Waals surface area contributed by atoms with Crippen LogP contribution in [0.15, 0.2) is 71.2 Å². The number of fused-ring (bicyclic) bond motifs is 2. The molecule has 2 aromatic heterocycles. The van der Waals surface area contributed by atoms with Crippen molar-refractivity contribution in [3.63, 3.8) is 0 Å². The minimum absolute atomic E-state index is 0.00451. The van der Waals surface area contributed by atoms with Gasteiger partial charge in [0.05, 0.1) is 61.3 Å². The molecule has 8 aliphatic rings. The van der Waals surface area contributed by atoms with E-state index in [1.807, 2.05) is 20.8 Å². The normalized spacial score (nSPS) is 23.0. The molecule has 2 atom stereocenters. The molecule has 2 saturated carbocycles. The van der Waals surface area contributed by atoms with Crippen molar-refractivity contribution in [3.05, 3.63) is 94.8 Å². The lowest BCUT2D eigenvalue weighted by atomic mass is 10.0. The van der Waals surface area contributed by atoms with Gasteiger partial charge in [0.2, 0.25) is 0 Å². The summed E-state index contributed by atoms with van der Waals surface area (Å²) in [6.07, 6.45) is 12.1. The molecule has 79 heavy (non-hydrogen) atoms. The van der Waals surface area contributed by atoms with Crippen molar-refractivity contribution in [2.24, 2.45) is 9.98 Å². The van der Waals surface area contributed by atoms with Crippen LogP contribution in [0.3, 0.4) is 0 Å². The number of nitrogens with zero attached hydrogens (tertiary/aromatic N) is 11. The number of nitrogens with one attached hydrogen (secondary N) is 1. The molecular formula is C61H84N12O6. The average molecular weight is 1080 g/mol. The van der Waals surface area contributed by atoms with E-state index in [9.17, 15) is 4.79 Å². The van der Waals surface area contributed by atoms with Crippen LogP contribution in [0.2, 0.25) is 0 Å². The maximum absolute atomic E-state index is 12.3. The van der Waals surface area contributed by atoms with Gasteiger partial charge in [0.25, 0.3) is 0 Å². The van der Waals surface area contributed by atoms with Crippen molar-refractivity contribution in [1.29, 1.82) is 0 Å². The van der Waals surface area contributed by atoms with E-state index in [2.05, 4.69) is 121 Å². The minimum Gasteiger partial charge on any atom is -0.488 e. The highest BCUT2D eigenvalue weighted by atomic mass is 16.6. The van der Waals surface area contributed by atoms with E-state index in [1.165, 1.54) is 11.1 Å². The van der Waals surface area contributed by atoms with E-state index in [1.54, 1.807) is 17.6 Å². The molecule has 8 heterocycles. The summed E-state index contributed by atoms with van der Waals surface area (Å²) in [5.74, 6) is 3.75. The highest BCUT2D eigenvalue weighted by Crippen LogP contribution is 2.42. The third kappa shape index (κ3) is 14.0. The molecule has 0 spiro atoms. The number of piperazine rings is 2. The molecule has 1 amide bonds. The molecule has 2 aromatic carbocycles. The van der Waals surface area contributed by atoms with Crippen molar-refractivity contribution in [2.45, 2.75) is 154 Å². The van der Waals surface area contributed by atoms with E-state index in [0.717, 1.165) is 180 Å². The molecule has 6 aliphatic heterocycles. The average Bonchev–Trinajstić information content (AvgIpc) is 4.26. The number of rotatable bonds is 16. The molecule has 6 fully saturated rings. The van der Waals surface area contributed by atoms with Crippen LogP contribution < -0.4 is 24.6 Å². The van der Waals surface area contributed by atoms with Gasteiger partial charge in [-0.05, 0) is 148 Å². The van der Waals surface area contributed by atoms with Gasteiger partial charge in [-0.1, -0.05) is 12.1 Å². The van der Waals surface area contributed by atoms with Crippen molar-refractivity contribution in [3.8, 4) is 11.5 Å². The molecule has 424 valence electrons. The summed E-state index contributed by atoms with van der Waals surface area (Å²) in [6.45, 7) is 28.5. The number of likely N-dealkylation sites (tertiary alicyclic amines) is 1. The zero-order valence-electron chi connectivity index (χ0n) is 47.9. The van der Waals surface area contributed by atoms with Gasteiger partial charge >= 0.3 is 6.09 Å². The fourth-order valence-corrected chi connectivity index (χ4v) is 11.6. The lowest BCUT2D eigenvalue weighted by molar-refractivity contribution is -0.0184. The van der Waals surface area contributed by atoms with Crippen molar-refractivity contribution < 1.29 is 28.5 Å². The molecule has 4 aromatic rings. The quantitative estimate of drug-likeness (QED) is 0.116. The summed E-state index contributed by atoms with van der Waals surface area (Å²) in [5, 5.41) is 3.40. The number of aliphatic imine (C=N–C) groups is 2. The van der Waals surface area contributed by atoms with Gasteiger partial charge in [-0.25, -0.2) is 24.7 Å². The first-order valence-corrected chi connectivity index (χ1v) is 29.4. The standard InChI is InChI=1S/C33H46N6O4.C28H38N6O2/c1-23-21-39(15-14-37(23)16-17-41-25-8-12-38(13-9-25)31(40)43-32(2,3)4)29-19-28(35-22-36-29)30-27-18-26(42-33(5)10-11-33)7-6-24(27)20-34-30;1-20-18-34(12-11-33(20)13-14-35-22-5-9-29-10-6-22)26-16-25(31-19-32-26)27-24-15-23(36-28(2)7-8-28)4-3-21(24)17-30-27/h6-7,18-19,22-23,25H,8-17,20-21H2,1-5H3;3-4,15-16,19-20,22,29H,5-14,17-18H2,1-2H3/t23-;20-/m00/s1. The van der Waals surface area contributed by atoms with Crippen LogP contribution in [0.5, 0.6) is 11.5 Å². The molecule has 4 saturated heterocycles. The number of carbonyl (C=O) groups excluding carboxylic acids is 1. The fourth-order valence-electron chi connectivity index (χ4n) is 11.6. The summed E-state index contributed by atoms with van der Waals surface area (Å²) in [6, 6.07) is 17.7. The van der Waals surface area contributed by atoms with Gasteiger partial charge in [-0.15, -0.1) is 0 Å². The van der Waals surface area contributed by atoms with Crippen LogP contribution in [0.4, 0.5) is 16.4 Å². The number of aromatic nitrogens is 4. The van der Waals surface area contributed by atoms with Crippen molar-refractivity contribution in [1.82, 2.24) is 40.0 Å². The number of ether oxygens (including phenoxy) is 5. The maximum Gasteiger partial charge on any atom is 0.410 e. The lowest BCUT2D eigenvalue weighted by Crippen LogP contribution is -2.53. The number of hydrogen-bond acceptors (Lipinski definition) is 17. The van der Waals surface area contributed by atoms with Gasteiger partial charge in [0, 0.05) is 101 Å². The minimum atomic E-state index is -0.467. The lowest BCUT2D eigenvalue weighted by Gasteiger charge is -2.40. The Balaban J connectivity index is 0.000000170. The molecule has 18 heteroatoms. The second kappa shape index (κ2) is 23.7. The van der Waals surface area contributed by atoms with Crippen LogP contribution >= 0.6 is 0 Å². The molecule has 18 nitrogen and oxygen atoms in total. The Kier molecular flexibility index (Phi) is 16.6. The van der Waals surface area contributed by atoms with Crippen LogP contribution in [-0.2, 0) is 27.3 Å². The Bertz CT molecular complexity index is 2830. The van der Waals surface area contributed by atoms with Gasteiger partial charge in [0.1, 0.15) is 52.6 Å². The van der Waals surface area contributed by atoms with Gasteiger partial charge < -0.3 is 43.7 Å². The first-order chi connectivity index (χ1) is 38.1. The van der Waals surface area contributed by atoms with E-state index < -0.39 is 5.60 Å². The Morgan fingerprint density at radius 2 is 1.09 bits per heavy atom. The second-order valence-electron chi connectivity index (χ2n) is 24.6. The Morgan fingerprint density at radius 1 is 0.620 bits per heavy atom. The number of hydrogen-bond donors (Lipinski definition) is 1. The molecule has 1 N–H and O–H groups in total. The fraction of sp³-hybridized carbons (Fsp3) is 0.623. The predicted molar refractivity (Wildman–Crippen MR) is 307 cm³/mol. The van der Waals surface area contributed by atoms with Gasteiger partial charge in [-0.2, -0.15) is 0 Å². The summed E-state index contributed by atoms with van der Waals surface area (Å²) in [7, 11) is 0. The number of anilines is 2. The Morgan fingerprint density at radius 3 is 1.53 bits per heavy atom. The Hall–Kier alpha value is -5.79. The summed E-state index contributed by atoms with van der Waals surface area (Å²) >= 11 is 0. The molecule has 0 radical (unpaired) electrons. The van der Waals surface area contributed by atoms with Gasteiger partial charge in [-0.3, -0.25) is 19.8 Å². The van der Waals surface area contributed by atoms with Gasteiger partial charge in [0.15, 0.2) is 0 Å². The number of amides is 1. The first-order valence-electron chi connectivity index (χ1n) is 29.4. The summed E-state index contributed by atoms with van der Waals surface area (Å²) in [5.41, 5.74) is 7.82. The highest BCUT2D eigenvalue weighted by Gasteiger charge is 2.41. The van der Waals surface area contributed by atoms with Crippen LogP contribution in [0.25, 0.3) is 0 Å². The first kappa shape index (κ1) is 55.1. The summed E-state index contributed by atoms with van der Waals surface area (Å²) < 4.78 is 30.3. The van der Waals surface area contributed by atoms with Crippen molar-refractivity contribution in [2.75, 3.05) is 102 Å². The second-order valence-corrected chi connectivity index (χ2v) is 24.6. The molecular weight excluding hydrogens is 997 g/mol. The number of carbonyl (C=O) groups is 1. The highest BCUT2D eigenvalue weighted by molar-refractivity contribution is 6.15. The smallest absolute Gasteiger partial charge is 0.410 e. The topological polar surface area (TPSA) is 168 Å². The van der Waals surface area contributed by atoms with E-state index in [4.69, 9.17) is 33.7 Å². The van der Waals surface area contributed by atoms with E-state index in [0.29, 0.717) is 51.0 Å². The Labute approximate surface area is 467 Å². The zero-order valence-corrected chi connectivity index (χ0v) is 47.9. The number of benzene rings is 2. The monoisotopic (exact) mass is 1080 g/mol. The zero-order chi connectivity index (χ0) is 54.7. The predicted octanol–water partition coefficient (Wildman–Crippen LogP) is 7.72. The van der Waals surface area contributed by atoms with E-state index in [-0.39, 0.29) is 23.4 Å². The molecule has 2 aliphatic carbocycles. The maximum atomic E-state index is 12.3. The molecule has 0 unspecified atom stereocenters. The van der Waals surface area contributed by atoms with E-state index >= 15 is 0 Å². The summed E-state index contributed by atoms with van der Waals surface area (Å²) in [4.78, 5) is 52.1. The third-order valence-electron chi connectivity index (χ3n) is 16.9. The van der Waals surface area contributed by atoms with Crippen molar-refractivity contribution >= 4 is 29.2 Å². The number of piperidine rings is 2. The van der Waals surface area contributed by atoms with Crippen LogP contribution in [-0.4, -0.2) is 185 Å². The van der Waals surface area contributed by atoms with Crippen LogP contribution in [0, 0.1) is 0 Å². The third-order valence-corrected chi connectivity index (χ3v) is 16.9. The largest absolute Gasteiger partial charge is 0.488 e. The molecule has 12 rings (SSSR count). The molecule has 0 bridgehead atoms. The SMILES string of the molecule is C[C@H]1CN(c2cc(C3=NCc4ccc(OC5(C)CC5)cc43)ncn2)CCN1CCOC1CCN(C(=O)OC(C)(C)C)CC1.C[C@H]1CN(c2cc(C3=NCc4ccc(OC5(C)CC5)cc43)ncn2)CCN1CCOC1CCNCC1. The van der Waals surface area contributed by atoms with Crippen LogP contribution in [0.1, 0.15) is 133 Å².